The zero-order valence-corrected chi connectivity index (χ0v) is 18.1. The molecule has 0 amide bonds. The number of hydrogen-bond donors (Lipinski definition) is 1. The zero-order chi connectivity index (χ0) is 22.4. The van der Waals surface area contributed by atoms with Crippen molar-refractivity contribution < 1.29 is 18.9 Å². The summed E-state index contributed by atoms with van der Waals surface area (Å²) in [7, 11) is 4.66. The van der Waals surface area contributed by atoms with Crippen LogP contribution < -0.4 is 24.3 Å². The molecule has 0 saturated heterocycles. The highest BCUT2D eigenvalue weighted by atomic mass is 16.5. The lowest BCUT2D eigenvalue weighted by molar-refractivity contribution is 0.242. The van der Waals surface area contributed by atoms with Gasteiger partial charge in [0.05, 0.1) is 38.7 Å². The minimum absolute atomic E-state index is 0.0220. The lowest BCUT2D eigenvalue weighted by atomic mass is 10.1. The van der Waals surface area contributed by atoms with Crippen molar-refractivity contribution in [1.82, 2.24) is 9.97 Å². The van der Waals surface area contributed by atoms with Crippen LogP contribution in [0.5, 0.6) is 23.0 Å². The number of aromatic nitrogens is 2. The fraction of sp³-hybridized carbons (Fsp3) is 0.261. The molecule has 0 saturated carbocycles. The maximum atomic E-state index is 9.48. The van der Waals surface area contributed by atoms with Gasteiger partial charge in [0.1, 0.15) is 11.8 Å². The molecule has 3 aromatic rings. The molecule has 0 unspecified atom stereocenters. The largest absolute Gasteiger partial charge is 0.493 e. The van der Waals surface area contributed by atoms with Crippen LogP contribution in [0.1, 0.15) is 19.4 Å². The molecule has 3 rings (SSSR count). The summed E-state index contributed by atoms with van der Waals surface area (Å²) in [4.78, 5) is 8.86. The van der Waals surface area contributed by atoms with Crippen LogP contribution in [0.15, 0.2) is 42.6 Å². The Labute approximate surface area is 181 Å². The average molecular weight is 420 g/mol. The van der Waals surface area contributed by atoms with Crippen LogP contribution in [0, 0.1) is 11.3 Å². The summed E-state index contributed by atoms with van der Waals surface area (Å²) in [5.74, 6) is 2.46. The number of ether oxygens (including phenoxy) is 4. The highest BCUT2D eigenvalue weighted by molar-refractivity contribution is 5.68. The lowest BCUT2D eigenvalue weighted by Gasteiger charge is -2.15. The quantitative estimate of drug-likeness (QED) is 0.566. The van der Waals surface area contributed by atoms with E-state index in [0.717, 1.165) is 5.56 Å². The Morgan fingerprint density at radius 3 is 2.23 bits per heavy atom. The smallest absolute Gasteiger partial charge is 0.227 e. The third-order valence-corrected chi connectivity index (χ3v) is 4.33. The van der Waals surface area contributed by atoms with Crippen molar-refractivity contribution >= 4 is 11.6 Å². The number of benzene rings is 2. The van der Waals surface area contributed by atoms with Gasteiger partial charge in [-0.15, -0.1) is 0 Å². The first kappa shape index (κ1) is 21.7. The van der Waals surface area contributed by atoms with Crippen molar-refractivity contribution in [3.8, 4) is 40.3 Å². The van der Waals surface area contributed by atoms with E-state index in [-0.39, 0.29) is 6.10 Å². The van der Waals surface area contributed by atoms with E-state index in [2.05, 4.69) is 21.4 Å². The molecule has 0 aliphatic carbocycles. The Kier molecular flexibility index (Phi) is 6.78. The molecule has 8 nitrogen and oxygen atoms in total. The van der Waals surface area contributed by atoms with E-state index in [1.807, 2.05) is 19.9 Å². The Morgan fingerprint density at radius 1 is 0.935 bits per heavy atom. The minimum Gasteiger partial charge on any atom is -0.493 e. The molecule has 0 spiro atoms. The van der Waals surface area contributed by atoms with Crippen molar-refractivity contribution in [1.29, 1.82) is 5.26 Å². The van der Waals surface area contributed by atoms with E-state index < -0.39 is 0 Å². The fourth-order valence-electron chi connectivity index (χ4n) is 3.00. The molecule has 0 bridgehead atoms. The van der Waals surface area contributed by atoms with E-state index >= 15 is 0 Å². The van der Waals surface area contributed by atoms with E-state index in [1.165, 1.54) is 0 Å². The standard InChI is InChI=1S/C23H24N4O4/c1-14(2)31-19-7-6-15(10-16(19)13-24)18-8-9-25-23(27-18)26-17-11-20(28-3)22(30-5)21(12-17)29-4/h6-12,14H,1-5H3,(H,25,26,27). The predicted molar refractivity (Wildman–Crippen MR) is 117 cm³/mol. The van der Waals surface area contributed by atoms with E-state index in [9.17, 15) is 5.26 Å². The van der Waals surface area contributed by atoms with Gasteiger partial charge in [-0.2, -0.15) is 5.26 Å². The van der Waals surface area contributed by atoms with Crippen molar-refractivity contribution in [2.45, 2.75) is 20.0 Å². The number of methoxy groups -OCH3 is 3. The van der Waals surface area contributed by atoms with Gasteiger partial charge in [0.15, 0.2) is 11.5 Å². The van der Waals surface area contributed by atoms with Gasteiger partial charge in [0.25, 0.3) is 0 Å². The third kappa shape index (κ3) is 4.95. The second-order valence-corrected chi connectivity index (χ2v) is 6.79. The molecule has 31 heavy (non-hydrogen) atoms. The first-order chi connectivity index (χ1) is 15.0. The summed E-state index contributed by atoms with van der Waals surface area (Å²) < 4.78 is 21.8. The molecule has 0 atom stereocenters. The summed E-state index contributed by atoms with van der Waals surface area (Å²) in [5, 5.41) is 12.6. The second-order valence-electron chi connectivity index (χ2n) is 6.79. The summed E-state index contributed by atoms with van der Waals surface area (Å²) >= 11 is 0. The Hall–Kier alpha value is -3.99. The number of nitrogens with one attached hydrogen (secondary N) is 1. The Bertz CT molecular complexity index is 1080. The van der Waals surface area contributed by atoms with Crippen molar-refractivity contribution in [2.75, 3.05) is 26.6 Å². The Balaban J connectivity index is 1.92. The number of nitriles is 1. The maximum absolute atomic E-state index is 9.48. The topological polar surface area (TPSA) is 98.5 Å². The van der Waals surface area contributed by atoms with Crippen LogP contribution >= 0.6 is 0 Å². The van der Waals surface area contributed by atoms with Gasteiger partial charge in [-0.25, -0.2) is 9.97 Å². The molecule has 8 heteroatoms. The molecule has 1 heterocycles. The normalized spacial score (nSPS) is 10.4. The second kappa shape index (κ2) is 9.67. The molecular formula is C23H24N4O4. The number of hydrogen-bond acceptors (Lipinski definition) is 8. The van der Waals surface area contributed by atoms with Crippen molar-refractivity contribution in [3.05, 3.63) is 48.2 Å². The van der Waals surface area contributed by atoms with Gasteiger partial charge in [-0.05, 0) is 38.1 Å². The van der Waals surface area contributed by atoms with Gasteiger partial charge < -0.3 is 24.3 Å². The molecule has 2 aromatic carbocycles. The van der Waals surface area contributed by atoms with E-state index in [1.54, 1.807) is 57.9 Å². The van der Waals surface area contributed by atoms with Gasteiger partial charge in [0.2, 0.25) is 11.7 Å². The SMILES string of the molecule is COc1cc(Nc2nccc(-c3ccc(OC(C)C)c(C#N)c3)n2)cc(OC)c1OC. The van der Waals surface area contributed by atoms with E-state index in [0.29, 0.717) is 45.9 Å². The van der Waals surface area contributed by atoms with Crippen LogP contribution in [0.4, 0.5) is 11.6 Å². The van der Waals surface area contributed by atoms with Crippen molar-refractivity contribution in [2.24, 2.45) is 0 Å². The summed E-state index contributed by atoms with van der Waals surface area (Å²) in [6.45, 7) is 3.83. The van der Waals surface area contributed by atoms with Gasteiger partial charge >= 0.3 is 0 Å². The van der Waals surface area contributed by atoms with Crippen LogP contribution in [-0.4, -0.2) is 37.4 Å². The highest BCUT2D eigenvalue weighted by Crippen LogP contribution is 2.40. The molecular weight excluding hydrogens is 396 g/mol. The van der Waals surface area contributed by atoms with Crippen molar-refractivity contribution in [3.63, 3.8) is 0 Å². The van der Waals surface area contributed by atoms with Crippen LogP contribution in [-0.2, 0) is 0 Å². The van der Waals surface area contributed by atoms with Crippen LogP contribution in [0.3, 0.4) is 0 Å². The van der Waals surface area contributed by atoms with Gasteiger partial charge in [-0.1, -0.05) is 0 Å². The molecule has 0 radical (unpaired) electrons. The molecule has 160 valence electrons. The van der Waals surface area contributed by atoms with E-state index in [4.69, 9.17) is 18.9 Å². The lowest BCUT2D eigenvalue weighted by Crippen LogP contribution is -2.06. The molecule has 0 aliphatic rings. The minimum atomic E-state index is -0.0220. The third-order valence-electron chi connectivity index (χ3n) is 4.33. The first-order valence-corrected chi connectivity index (χ1v) is 9.60. The summed E-state index contributed by atoms with van der Waals surface area (Å²) in [6.07, 6.45) is 1.62. The molecule has 1 aromatic heterocycles. The zero-order valence-electron chi connectivity index (χ0n) is 18.1. The average Bonchev–Trinajstić information content (AvgIpc) is 2.78. The molecule has 0 aliphatic heterocycles. The molecule has 1 N–H and O–H groups in total. The Morgan fingerprint density at radius 2 is 1.65 bits per heavy atom. The van der Waals surface area contributed by atoms with Gasteiger partial charge in [0, 0.05) is 29.6 Å². The van der Waals surface area contributed by atoms with Crippen LogP contribution in [0.25, 0.3) is 11.3 Å². The van der Waals surface area contributed by atoms with Gasteiger partial charge in [-0.3, -0.25) is 0 Å². The first-order valence-electron chi connectivity index (χ1n) is 9.60. The fourth-order valence-corrected chi connectivity index (χ4v) is 3.00. The highest BCUT2D eigenvalue weighted by Gasteiger charge is 2.14. The summed E-state index contributed by atoms with van der Waals surface area (Å²) in [6, 6.07) is 12.9. The van der Waals surface area contributed by atoms with Crippen LogP contribution in [0.2, 0.25) is 0 Å². The number of nitrogens with zero attached hydrogens (tertiary/aromatic N) is 3. The monoisotopic (exact) mass is 420 g/mol. The summed E-state index contributed by atoms with van der Waals surface area (Å²) in [5.41, 5.74) is 2.56. The number of anilines is 2. The predicted octanol–water partition coefficient (Wildman–Crippen LogP) is 4.57. The maximum Gasteiger partial charge on any atom is 0.227 e. The number of rotatable bonds is 8. The molecule has 0 fully saturated rings.